The van der Waals surface area contributed by atoms with E-state index < -0.39 is 28.0 Å². The van der Waals surface area contributed by atoms with Gasteiger partial charge >= 0.3 is 0 Å². The predicted molar refractivity (Wildman–Crippen MR) is 161 cm³/mol. The van der Waals surface area contributed by atoms with Gasteiger partial charge in [0, 0.05) is 6.42 Å². The van der Waals surface area contributed by atoms with E-state index in [4.69, 9.17) is 0 Å². The van der Waals surface area contributed by atoms with Gasteiger partial charge in [-0.15, -0.1) is 0 Å². The number of aliphatic hydroxyl groups excluding tert-OH is 1. The van der Waals surface area contributed by atoms with Crippen LogP contribution in [-0.4, -0.2) is 41.9 Å². The van der Waals surface area contributed by atoms with Gasteiger partial charge in [-0.05, 0) is 44.9 Å². The van der Waals surface area contributed by atoms with Crippen LogP contribution in [0.4, 0.5) is 0 Å². The average Bonchev–Trinajstić information content (AvgIpc) is 2.86. The molecule has 0 spiro atoms. The van der Waals surface area contributed by atoms with Crippen LogP contribution in [0, 0.1) is 0 Å². The molecule has 0 bridgehead atoms. The lowest BCUT2D eigenvalue weighted by atomic mass is 10.1. The highest BCUT2D eigenvalue weighted by Gasteiger charge is 2.24. The van der Waals surface area contributed by atoms with Crippen molar-refractivity contribution in [2.24, 2.45) is 0 Å². The van der Waals surface area contributed by atoms with Crippen LogP contribution in [0.1, 0.15) is 136 Å². The molecule has 0 saturated carbocycles. The van der Waals surface area contributed by atoms with Crippen LogP contribution in [0.25, 0.3) is 0 Å². The van der Waals surface area contributed by atoms with E-state index in [1.54, 1.807) is 6.08 Å². The Morgan fingerprint density at radius 2 is 1.13 bits per heavy atom. The molecule has 0 aliphatic rings. The molecular formula is C31H57NO5S. The van der Waals surface area contributed by atoms with Gasteiger partial charge in [0.15, 0.2) is 0 Å². The molecule has 0 rings (SSSR count). The second-order valence-electron chi connectivity index (χ2n) is 10.4. The van der Waals surface area contributed by atoms with Crippen molar-refractivity contribution in [1.82, 2.24) is 5.32 Å². The Morgan fingerprint density at radius 3 is 1.66 bits per heavy atom. The molecule has 0 aliphatic heterocycles. The Labute approximate surface area is 234 Å². The highest BCUT2D eigenvalue weighted by molar-refractivity contribution is 7.85. The minimum Gasteiger partial charge on any atom is -0.387 e. The van der Waals surface area contributed by atoms with Gasteiger partial charge < -0.3 is 10.4 Å². The Hall–Kier alpha value is -1.44. The monoisotopic (exact) mass is 555 g/mol. The van der Waals surface area contributed by atoms with E-state index >= 15 is 0 Å². The van der Waals surface area contributed by atoms with Gasteiger partial charge in [0.05, 0.1) is 17.9 Å². The van der Waals surface area contributed by atoms with Crippen LogP contribution < -0.4 is 5.32 Å². The molecule has 0 aliphatic carbocycles. The third-order valence-corrected chi connectivity index (χ3v) is 7.33. The molecule has 222 valence electrons. The highest BCUT2D eigenvalue weighted by atomic mass is 32.2. The average molecular weight is 556 g/mol. The number of carbonyl (C=O) groups is 1. The SMILES string of the molecule is CCCCC/C=C/CC/C=C/CC/C=C/C(O)C(CS(=O)(=O)O)NC(=O)CCCCCCCCCCCC. The standard InChI is InChI=1S/C31H57NO5S/c1-3-5-7-9-11-13-15-16-17-18-20-22-24-26-30(33)29(28-38(35,36)37)32-31(34)27-25-23-21-19-14-12-10-8-6-4-2/h11,13,17-18,24,26,29-30,33H,3-10,12,14-16,19-23,25,27-28H2,1-2H3,(H,32,34)(H,35,36,37)/b13-11+,18-17+,26-24+. The lowest BCUT2D eigenvalue weighted by Crippen LogP contribution is -2.46. The fourth-order valence-electron chi connectivity index (χ4n) is 4.24. The molecule has 0 heterocycles. The topological polar surface area (TPSA) is 104 Å². The summed E-state index contributed by atoms with van der Waals surface area (Å²) in [5, 5.41) is 13.0. The van der Waals surface area contributed by atoms with Crippen molar-refractivity contribution < 1.29 is 22.9 Å². The largest absolute Gasteiger partial charge is 0.387 e. The van der Waals surface area contributed by atoms with Gasteiger partial charge in [-0.3, -0.25) is 9.35 Å². The normalized spacial score (nSPS) is 14.1. The Morgan fingerprint density at radius 1 is 0.684 bits per heavy atom. The number of aliphatic hydroxyl groups is 1. The number of hydrogen-bond donors (Lipinski definition) is 3. The molecule has 3 N–H and O–H groups in total. The Bertz CT molecular complexity index is 745. The van der Waals surface area contributed by atoms with E-state index in [1.165, 1.54) is 70.3 Å². The second kappa shape index (κ2) is 25.8. The number of rotatable bonds is 26. The van der Waals surface area contributed by atoms with Crippen LogP contribution in [-0.2, 0) is 14.9 Å². The predicted octanol–water partition coefficient (Wildman–Crippen LogP) is 7.84. The summed E-state index contributed by atoms with van der Waals surface area (Å²) in [6.07, 6.45) is 31.3. The van der Waals surface area contributed by atoms with Gasteiger partial charge in [0.25, 0.3) is 10.1 Å². The fraction of sp³-hybridized carbons (Fsp3) is 0.774. The fourth-order valence-corrected chi connectivity index (χ4v) is 4.98. The van der Waals surface area contributed by atoms with E-state index in [-0.39, 0.29) is 12.3 Å². The lowest BCUT2D eigenvalue weighted by Gasteiger charge is -2.21. The van der Waals surface area contributed by atoms with Crippen molar-refractivity contribution in [3.8, 4) is 0 Å². The van der Waals surface area contributed by atoms with Crippen LogP contribution in [0.15, 0.2) is 36.5 Å². The van der Waals surface area contributed by atoms with Crippen LogP contribution in [0.5, 0.6) is 0 Å². The highest BCUT2D eigenvalue weighted by Crippen LogP contribution is 2.12. The maximum atomic E-state index is 12.3. The van der Waals surface area contributed by atoms with Crippen molar-refractivity contribution in [3.05, 3.63) is 36.5 Å². The zero-order chi connectivity index (χ0) is 28.3. The number of hydrogen-bond acceptors (Lipinski definition) is 4. The summed E-state index contributed by atoms with van der Waals surface area (Å²) in [7, 11) is -4.34. The molecule has 0 aromatic heterocycles. The summed E-state index contributed by atoms with van der Waals surface area (Å²) in [5.41, 5.74) is 0. The van der Waals surface area contributed by atoms with E-state index in [9.17, 15) is 22.9 Å². The van der Waals surface area contributed by atoms with E-state index in [1.807, 2.05) is 0 Å². The smallest absolute Gasteiger partial charge is 0.267 e. The van der Waals surface area contributed by atoms with Gasteiger partial charge in [0.2, 0.25) is 5.91 Å². The first kappa shape index (κ1) is 36.6. The van der Waals surface area contributed by atoms with E-state index in [2.05, 4.69) is 43.5 Å². The number of unbranched alkanes of at least 4 members (excludes halogenated alkanes) is 14. The minimum atomic E-state index is -4.34. The maximum absolute atomic E-state index is 12.3. The number of amides is 1. The number of allylic oxidation sites excluding steroid dienone is 5. The molecule has 7 heteroatoms. The van der Waals surface area contributed by atoms with Crippen LogP contribution in [0.3, 0.4) is 0 Å². The van der Waals surface area contributed by atoms with Gasteiger partial charge in [0.1, 0.15) is 0 Å². The molecule has 0 radical (unpaired) electrons. The molecule has 6 nitrogen and oxygen atoms in total. The third-order valence-electron chi connectivity index (χ3n) is 6.55. The van der Waals surface area contributed by atoms with Crippen LogP contribution >= 0.6 is 0 Å². The summed E-state index contributed by atoms with van der Waals surface area (Å²) in [6.45, 7) is 4.43. The summed E-state index contributed by atoms with van der Waals surface area (Å²) >= 11 is 0. The molecule has 0 saturated heterocycles. The quantitative estimate of drug-likeness (QED) is 0.0573. The molecule has 38 heavy (non-hydrogen) atoms. The van der Waals surface area contributed by atoms with Crippen molar-refractivity contribution >= 4 is 16.0 Å². The van der Waals surface area contributed by atoms with Gasteiger partial charge in [-0.1, -0.05) is 121 Å². The summed E-state index contributed by atoms with van der Waals surface area (Å²) < 4.78 is 32.1. The molecule has 0 aromatic carbocycles. The first-order chi connectivity index (χ1) is 18.3. The minimum absolute atomic E-state index is 0.285. The first-order valence-electron chi connectivity index (χ1n) is 15.2. The number of carbonyl (C=O) groups excluding carboxylic acids is 1. The van der Waals surface area contributed by atoms with Crippen molar-refractivity contribution in [2.75, 3.05) is 5.75 Å². The molecule has 2 atom stereocenters. The first-order valence-corrected chi connectivity index (χ1v) is 16.8. The summed E-state index contributed by atoms with van der Waals surface area (Å²) in [4.78, 5) is 12.3. The molecule has 0 aromatic rings. The van der Waals surface area contributed by atoms with Gasteiger partial charge in [-0.25, -0.2) is 0 Å². The van der Waals surface area contributed by atoms with E-state index in [0.29, 0.717) is 6.42 Å². The Balaban J connectivity index is 4.21. The van der Waals surface area contributed by atoms with Crippen molar-refractivity contribution in [2.45, 2.75) is 148 Å². The summed E-state index contributed by atoms with van der Waals surface area (Å²) in [6, 6.07) is -1.07. The van der Waals surface area contributed by atoms with Crippen LogP contribution in [0.2, 0.25) is 0 Å². The molecular weight excluding hydrogens is 498 g/mol. The second-order valence-corrected chi connectivity index (χ2v) is 11.9. The van der Waals surface area contributed by atoms with E-state index in [0.717, 1.165) is 44.9 Å². The zero-order valence-corrected chi connectivity index (χ0v) is 25.1. The third kappa shape index (κ3) is 26.2. The van der Waals surface area contributed by atoms with Crippen molar-refractivity contribution in [3.63, 3.8) is 0 Å². The van der Waals surface area contributed by atoms with Gasteiger partial charge in [-0.2, -0.15) is 8.42 Å². The summed E-state index contributed by atoms with van der Waals surface area (Å²) in [5.74, 6) is -1.01. The maximum Gasteiger partial charge on any atom is 0.267 e. The zero-order valence-electron chi connectivity index (χ0n) is 24.3. The Kier molecular flexibility index (Phi) is 24.8. The molecule has 0 fully saturated rings. The molecule has 1 amide bonds. The molecule has 2 unspecified atom stereocenters. The lowest BCUT2D eigenvalue weighted by molar-refractivity contribution is -0.122. The number of nitrogens with one attached hydrogen (secondary N) is 1. The van der Waals surface area contributed by atoms with Crippen molar-refractivity contribution in [1.29, 1.82) is 0 Å².